The van der Waals surface area contributed by atoms with Crippen molar-refractivity contribution in [2.45, 2.75) is 45.1 Å². The molecule has 3 amide bonds. The molecule has 0 unspecified atom stereocenters. The number of carbonyl (C=O) groups is 3. The normalized spacial score (nSPS) is 31.1. The van der Waals surface area contributed by atoms with E-state index in [-0.39, 0.29) is 11.9 Å². The first-order chi connectivity index (χ1) is 13.5. The van der Waals surface area contributed by atoms with Crippen LogP contribution in [0.5, 0.6) is 0 Å². The molecule has 4 aliphatic carbocycles. The molecule has 4 fully saturated rings. The molecule has 1 aromatic carbocycles. The van der Waals surface area contributed by atoms with Crippen LogP contribution in [0.1, 0.15) is 50.7 Å². The van der Waals surface area contributed by atoms with Crippen molar-refractivity contribution in [1.29, 1.82) is 0 Å². The van der Waals surface area contributed by atoms with E-state index < -0.39 is 18.0 Å². The molecule has 2 N–H and O–H groups in total. The van der Waals surface area contributed by atoms with Crippen LogP contribution in [0.2, 0.25) is 0 Å². The molecule has 0 spiro atoms. The summed E-state index contributed by atoms with van der Waals surface area (Å²) in [6, 6.07) is 8.32. The smallest absolute Gasteiger partial charge is 0.321 e. The van der Waals surface area contributed by atoms with Crippen LogP contribution >= 0.6 is 0 Å². The van der Waals surface area contributed by atoms with Gasteiger partial charge < -0.3 is 10.1 Å². The standard InChI is InChI=1S/C22H28N2O4/c1-2-23-22(27)24-20(25)19(15-6-4-3-5-7-15)28-21(26)18-16-9-13-8-14(11-16)12-17(18)10-13/h3-7,13-14,16-19H,2,8-12H2,1H3,(H2,23,24,25,27)/t13?,14?,16?,17?,18?,19-/m1/s1. The van der Waals surface area contributed by atoms with Gasteiger partial charge >= 0.3 is 12.0 Å². The van der Waals surface area contributed by atoms with E-state index in [2.05, 4.69) is 10.6 Å². The van der Waals surface area contributed by atoms with E-state index in [1.807, 2.05) is 6.07 Å². The molecule has 4 bridgehead atoms. The topological polar surface area (TPSA) is 84.5 Å². The number of benzene rings is 1. The third kappa shape index (κ3) is 3.77. The molecular weight excluding hydrogens is 356 g/mol. The van der Waals surface area contributed by atoms with Crippen molar-refractivity contribution >= 4 is 17.9 Å². The van der Waals surface area contributed by atoms with Crippen LogP contribution in [0.15, 0.2) is 30.3 Å². The second-order valence-corrected chi connectivity index (χ2v) is 8.53. The quantitative estimate of drug-likeness (QED) is 0.764. The van der Waals surface area contributed by atoms with Gasteiger partial charge in [0.1, 0.15) is 0 Å². The monoisotopic (exact) mass is 384 g/mol. The summed E-state index contributed by atoms with van der Waals surface area (Å²) in [7, 11) is 0. The zero-order valence-corrected chi connectivity index (χ0v) is 16.2. The lowest BCUT2D eigenvalue weighted by molar-refractivity contribution is -0.171. The molecule has 4 saturated carbocycles. The number of esters is 1. The molecule has 150 valence electrons. The Bertz CT molecular complexity index is 720. The Morgan fingerprint density at radius 3 is 2.18 bits per heavy atom. The number of rotatable bonds is 5. The summed E-state index contributed by atoms with van der Waals surface area (Å²) in [6.07, 6.45) is 4.62. The van der Waals surface area contributed by atoms with E-state index >= 15 is 0 Å². The summed E-state index contributed by atoms with van der Waals surface area (Å²) in [4.78, 5) is 37.6. The Morgan fingerprint density at radius 2 is 1.61 bits per heavy atom. The van der Waals surface area contributed by atoms with Gasteiger partial charge in [0.15, 0.2) is 0 Å². The predicted octanol–water partition coefficient (Wildman–Crippen LogP) is 3.19. The van der Waals surface area contributed by atoms with E-state index in [9.17, 15) is 14.4 Å². The lowest BCUT2D eigenvalue weighted by Crippen LogP contribution is -2.49. The average Bonchev–Trinajstić information content (AvgIpc) is 2.66. The van der Waals surface area contributed by atoms with E-state index in [0.29, 0.717) is 23.9 Å². The average molecular weight is 384 g/mol. The van der Waals surface area contributed by atoms with Gasteiger partial charge in [-0.2, -0.15) is 0 Å². The predicted molar refractivity (Wildman–Crippen MR) is 103 cm³/mol. The van der Waals surface area contributed by atoms with Crippen molar-refractivity contribution in [3.05, 3.63) is 35.9 Å². The van der Waals surface area contributed by atoms with Gasteiger partial charge in [-0.15, -0.1) is 0 Å². The minimum atomic E-state index is -1.12. The van der Waals surface area contributed by atoms with Crippen molar-refractivity contribution in [3.8, 4) is 0 Å². The summed E-state index contributed by atoms with van der Waals surface area (Å²) in [6.45, 7) is 2.17. The Hall–Kier alpha value is -2.37. The lowest BCUT2D eigenvalue weighted by atomic mass is 9.52. The molecule has 0 radical (unpaired) electrons. The van der Waals surface area contributed by atoms with E-state index in [1.165, 1.54) is 6.42 Å². The fraction of sp³-hybridized carbons (Fsp3) is 0.591. The van der Waals surface area contributed by atoms with Gasteiger partial charge in [-0.1, -0.05) is 30.3 Å². The first-order valence-electron chi connectivity index (χ1n) is 10.4. The van der Waals surface area contributed by atoms with E-state index in [4.69, 9.17) is 4.74 Å². The summed E-state index contributed by atoms with van der Waals surface area (Å²) in [5.74, 6) is 1.27. The number of imide groups is 1. The zero-order valence-electron chi connectivity index (χ0n) is 16.2. The number of urea groups is 1. The van der Waals surface area contributed by atoms with E-state index in [0.717, 1.165) is 37.5 Å². The summed E-state index contributed by atoms with van der Waals surface area (Å²) in [5, 5.41) is 4.82. The van der Waals surface area contributed by atoms with Crippen molar-refractivity contribution < 1.29 is 19.1 Å². The molecule has 0 saturated heterocycles. The SMILES string of the molecule is CCNC(=O)NC(=O)[C@H](OC(=O)C1C2CC3CC(C2)CC1C3)c1ccccc1. The summed E-state index contributed by atoms with van der Waals surface area (Å²) < 4.78 is 5.77. The Labute approximate surface area is 165 Å². The highest BCUT2D eigenvalue weighted by Gasteiger charge is 2.52. The molecule has 1 aromatic rings. The number of nitrogens with one attached hydrogen (secondary N) is 2. The first-order valence-corrected chi connectivity index (χ1v) is 10.4. The van der Waals surface area contributed by atoms with Gasteiger partial charge in [0, 0.05) is 12.1 Å². The number of ether oxygens (including phenoxy) is 1. The second-order valence-electron chi connectivity index (χ2n) is 8.53. The molecule has 0 heterocycles. The highest BCUT2D eigenvalue weighted by molar-refractivity contribution is 5.97. The van der Waals surface area contributed by atoms with Crippen LogP contribution in [0.25, 0.3) is 0 Å². The Morgan fingerprint density at radius 1 is 1.00 bits per heavy atom. The van der Waals surface area contributed by atoms with Crippen LogP contribution in [0, 0.1) is 29.6 Å². The molecule has 5 rings (SSSR count). The Balaban J connectivity index is 1.50. The van der Waals surface area contributed by atoms with E-state index in [1.54, 1.807) is 31.2 Å². The highest BCUT2D eigenvalue weighted by atomic mass is 16.5. The minimum Gasteiger partial charge on any atom is -0.447 e. The highest BCUT2D eigenvalue weighted by Crippen LogP contribution is 2.56. The van der Waals surface area contributed by atoms with Crippen LogP contribution < -0.4 is 10.6 Å². The minimum absolute atomic E-state index is 0.115. The number of hydrogen-bond acceptors (Lipinski definition) is 4. The largest absolute Gasteiger partial charge is 0.447 e. The van der Waals surface area contributed by atoms with Crippen LogP contribution in [0.4, 0.5) is 4.79 Å². The molecule has 6 nitrogen and oxygen atoms in total. The van der Waals surface area contributed by atoms with Gasteiger partial charge in [0.05, 0.1) is 5.92 Å². The van der Waals surface area contributed by atoms with Gasteiger partial charge in [-0.25, -0.2) is 4.79 Å². The summed E-state index contributed by atoms with van der Waals surface area (Å²) >= 11 is 0. The third-order valence-corrected chi connectivity index (χ3v) is 6.65. The van der Waals surface area contributed by atoms with Crippen molar-refractivity contribution in [2.24, 2.45) is 29.6 Å². The number of carbonyl (C=O) groups excluding carboxylic acids is 3. The molecular formula is C22H28N2O4. The van der Waals surface area contributed by atoms with Crippen LogP contribution in [0.3, 0.4) is 0 Å². The molecule has 0 aromatic heterocycles. The maximum atomic E-state index is 13.1. The maximum absolute atomic E-state index is 13.1. The van der Waals surface area contributed by atoms with Crippen molar-refractivity contribution in [1.82, 2.24) is 10.6 Å². The van der Waals surface area contributed by atoms with Gasteiger partial charge in [0.2, 0.25) is 6.10 Å². The number of amides is 3. The molecule has 28 heavy (non-hydrogen) atoms. The maximum Gasteiger partial charge on any atom is 0.321 e. The van der Waals surface area contributed by atoms with Gasteiger partial charge in [-0.3, -0.25) is 14.9 Å². The van der Waals surface area contributed by atoms with Crippen LogP contribution in [-0.2, 0) is 14.3 Å². The van der Waals surface area contributed by atoms with Crippen molar-refractivity contribution in [3.63, 3.8) is 0 Å². The lowest BCUT2D eigenvalue weighted by Gasteiger charge is -2.53. The fourth-order valence-corrected chi connectivity index (χ4v) is 5.79. The molecule has 1 atom stereocenters. The van der Waals surface area contributed by atoms with Gasteiger partial charge in [-0.05, 0) is 62.7 Å². The Kier molecular flexibility index (Phi) is 5.38. The first kappa shape index (κ1) is 19.0. The van der Waals surface area contributed by atoms with Gasteiger partial charge in [0.25, 0.3) is 5.91 Å². The third-order valence-electron chi connectivity index (χ3n) is 6.65. The van der Waals surface area contributed by atoms with Crippen molar-refractivity contribution in [2.75, 3.05) is 6.54 Å². The van der Waals surface area contributed by atoms with Crippen LogP contribution in [-0.4, -0.2) is 24.5 Å². The second kappa shape index (κ2) is 7.94. The fourth-order valence-electron chi connectivity index (χ4n) is 5.79. The molecule has 4 aliphatic rings. The summed E-state index contributed by atoms with van der Waals surface area (Å²) in [5.41, 5.74) is 0.571. The number of hydrogen-bond donors (Lipinski definition) is 2. The molecule has 6 heteroatoms. The zero-order chi connectivity index (χ0) is 19.7. The molecule has 0 aliphatic heterocycles.